The number of amides is 1. The van der Waals surface area contributed by atoms with Gasteiger partial charge in [-0.15, -0.1) is 0 Å². The number of nitrogens with one attached hydrogen (secondary N) is 3. The molecule has 1 saturated heterocycles. The SMILES string of the molecule is O=C1CCC(Nc2nc[nH]c(=O)c2I)CN1. The zero-order valence-corrected chi connectivity index (χ0v) is 10.6. The van der Waals surface area contributed by atoms with Crippen molar-refractivity contribution in [3.05, 3.63) is 20.3 Å². The Bertz CT molecular complexity index is 449. The first-order valence-electron chi connectivity index (χ1n) is 4.93. The predicted molar refractivity (Wildman–Crippen MR) is 67.2 cm³/mol. The van der Waals surface area contributed by atoms with E-state index in [4.69, 9.17) is 0 Å². The third-order valence-corrected chi connectivity index (χ3v) is 3.40. The Kier molecular flexibility index (Phi) is 3.42. The molecule has 0 bridgehead atoms. The van der Waals surface area contributed by atoms with Gasteiger partial charge in [0.25, 0.3) is 5.56 Å². The molecule has 0 saturated carbocycles. The minimum Gasteiger partial charge on any atom is -0.364 e. The zero-order valence-electron chi connectivity index (χ0n) is 8.42. The summed E-state index contributed by atoms with van der Waals surface area (Å²) >= 11 is 1.95. The van der Waals surface area contributed by atoms with Crippen LogP contribution in [0.25, 0.3) is 0 Å². The number of aromatic nitrogens is 2. The van der Waals surface area contributed by atoms with Crippen LogP contribution < -0.4 is 16.2 Å². The van der Waals surface area contributed by atoms with Crippen molar-refractivity contribution in [2.24, 2.45) is 0 Å². The van der Waals surface area contributed by atoms with E-state index in [1.165, 1.54) is 6.33 Å². The molecular formula is C9H11IN4O2. The maximum Gasteiger partial charge on any atom is 0.266 e. The van der Waals surface area contributed by atoms with Crippen LogP contribution in [0.1, 0.15) is 12.8 Å². The van der Waals surface area contributed by atoms with E-state index in [9.17, 15) is 9.59 Å². The van der Waals surface area contributed by atoms with Gasteiger partial charge in [0, 0.05) is 19.0 Å². The number of nitrogens with zero attached hydrogens (tertiary/aromatic N) is 1. The Hall–Kier alpha value is -1.12. The molecule has 2 heterocycles. The van der Waals surface area contributed by atoms with Crippen molar-refractivity contribution in [1.82, 2.24) is 15.3 Å². The molecule has 1 amide bonds. The number of aromatic amines is 1. The number of hydrogen-bond donors (Lipinski definition) is 3. The summed E-state index contributed by atoms with van der Waals surface area (Å²) in [7, 11) is 0. The molecule has 1 atom stereocenters. The molecule has 1 unspecified atom stereocenters. The number of piperidine rings is 1. The highest BCUT2D eigenvalue weighted by atomic mass is 127. The highest BCUT2D eigenvalue weighted by Gasteiger charge is 2.19. The first-order chi connectivity index (χ1) is 7.66. The van der Waals surface area contributed by atoms with Crippen molar-refractivity contribution in [2.75, 3.05) is 11.9 Å². The maximum absolute atomic E-state index is 11.3. The van der Waals surface area contributed by atoms with Crippen LogP contribution in [-0.4, -0.2) is 28.5 Å². The number of carbonyl (C=O) groups excluding carboxylic acids is 1. The molecule has 16 heavy (non-hydrogen) atoms. The van der Waals surface area contributed by atoms with Gasteiger partial charge in [0.1, 0.15) is 9.39 Å². The first-order valence-corrected chi connectivity index (χ1v) is 6.01. The van der Waals surface area contributed by atoms with Crippen LogP contribution >= 0.6 is 22.6 Å². The Labute approximate surface area is 105 Å². The van der Waals surface area contributed by atoms with Gasteiger partial charge in [0.15, 0.2) is 0 Å². The summed E-state index contributed by atoms with van der Waals surface area (Å²) in [5, 5.41) is 5.93. The quantitative estimate of drug-likeness (QED) is 0.668. The van der Waals surface area contributed by atoms with Crippen molar-refractivity contribution in [2.45, 2.75) is 18.9 Å². The summed E-state index contributed by atoms with van der Waals surface area (Å²) in [6.45, 7) is 0.573. The van der Waals surface area contributed by atoms with E-state index in [0.717, 1.165) is 6.42 Å². The molecule has 86 valence electrons. The average Bonchev–Trinajstić information content (AvgIpc) is 2.28. The van der Waals surface area contributed by atoms with Gasteiger partial charge in [-0.3, -0.25) is 9.59 Å². The smallest absolute Gasteiger partial charge is 0.266 e. The lowest BCUT2D eigenvalue weighted by Crippen LogP contribution is -2.42. The summed E-state index contributed by atoms with van der Waals surface area (Å²) < 4.78 is 0.539. The molecule has 1 aromatic heterocycles. The average molecular weight is 334 g/mol. The van der Waals surface area contributed by atoms with Crippen molar-refractivity contribution in [3.8, 4) is 0 Å². The topological polar surface area (TPSA) is 86.9 Å². The van der Waals surface area contributed by atoms with Crippen LogP contribution in [0.4, 0.5) is 5.82 Å². The number of carbonyl (C=O) groups is 1. The van der Waals surface area contributed by atoms with Gasteiger partial charge in [0.05, 0.1) is 6.33 Å². The van der Waals surface area contributed by atoms with Crippen LogP contribution in [0.15, 0.2) is 11.1 Å². The summed E-state index contributed by atoms with van der Waals surface area (Å²) in [5.74, 6) is 0.650. The first kappa shape index (κ1) is 11.4. The second-order valence-electron chi connectivity index (χ2n) is 3.58. The number of hydrogen-bond acceptors (Lipinski definition) is 4. The van der Waals surface area contributed by atoms with Crippen LogP contribution in [-0.2, 0) is 4.79 Å². The fourth-order valence-corrected chi connectivity index (χ4v) is 1.98. The van der Waals surface area contributed by atoms with E-state index in [2.05, 4.69) is 20.6 Å². The number of H-pyrrole nitrogens is 1. The van der Waals surface area contributed by atoms with Crippen molar-refractivity contribution >= 4 is 34.3 Å². The third-order valence-electron chi connectivity index (χ3n) is 2.40. The van der Waals surface area contributed by atoms with Crippen LogP contribution in [0.5, 0.6) is 0 Å². The second kappa shape index (κ2) is 4.81. The Balaban J connectivity index is 2.07. The highest BCUT2D eigenvalue weighted by Crippen LogP contribution is 2.13. The largest absolute Gasteiger partial charge is 0.364 e. The fraction of sp³-hybridized carbons (Fsp3) is 0.444. The van der Waals surface area contributed by atoms with Crippen molar-refractivity contribution in [3.63, 3.8) is 0 Å². The standard InChI is InChI=1S/C9H11IN4O2/c10-7-8(12-4-13-9(7)16)14-5-1-2-6(15)11-3-5/h4-5H,1-3H2,(H,11,15)(H2,12,13,14,16). The van der Waals surface area contributed by atoms with Crippen molar-refractivity contribution in [1.29, 1.82) is 0 Å². The lowest BCUT2D eigenvalue weighted by atomic mass is 10.1. The number of anilines is 1. The Morgan fingerprint density at radius 1 is 1.50 bits per heavy atom. The molecule has 0 spiro atoms. The summed E-state index contributed by atoms with van der Waals surface area (Å²) in [5.41, 5.74) is -0.155. The Morgan fingerprint density at radius 2 is 2.31 bits per heavy atom. The van der Waals surface area contributed by atoms with E-state index in [0.29, 0.717) is 22.4 Å². The van der Waals surface area contributed by atoms with Gasteiger partial charge in [-0.25, -0.2) is 4.98 Å². The molecule has 1 aromatic rings. The summed E-state index contributed by atoms with van der Waals surface area (Å²) in [6.07, 6.45) is 2.64. The van der Waals surface area contributed by atoms with E-state index >= 15 is 0 Å². The molecule has 7 heteroatoms. The zero-order chi connectivity index (χ0) is 11.5. The minimum absolute atomic E-state index is 0.0756. The molecule has 2 rings (SSSR count). The van der Waals surface area contributed by atoms with Gasteiger partial charge in [-0.2, -0.15) is 0 Å². The predicted octanol–water partition coefficient (Wildman–Crippen LogP) is 0.0650. The number of halogens is 1. The molecule has 1 aliphatic rings. The van der Waals surface area contributed by atoms with Gasteiger partial charge in [-0.1, -0.05) is 0 Å². The molecule has 0 aliphatic carbocycles. The van der Waals surface area contributed by atoms with E-state index in [1.54, 1.807) is 0 Å². The molecule has 0 aromatic carbocycles. The van der Waals surface area contributed by atoms with Crippen LogP contribution in [0, 0.1) is 3.57 Å². The molecule has 3 N–H and O–H groups in total. The Morgan fingerprint density at radius 3 is 3.00 bits per heavy atom. The van der Waals surface area contributed by atoms with Crippen LogP contribution in [0.2, 0.25) is 0 Å². The molecular weight excluding hydrogens is 323 g/mol. The van der Waals surface area contributed by atoms with Crippen LogP contribution in [0.3, 0.4) is 0 Å². The van der Waals surface area contributed by atoms with E-state index < -0.39 is 0 Å². The van der Waals surface area contributed by atoms with Crippen molar-refractivity contribution < 1.29 is 4.79 Å². The van der Waals surface area contributed by atoms with E-state index in [1.807, 2.05) is 22.6 Å². The fourth-order valence-electron chi connectivity index (χ4n) is 1.53. The molecule has 6 nitrogen and oxygen atoms in total. The van der Waals surface area contributed by atoms with Gasteiger partial charge in [-0.05, 0) is 29.0 Å². The lowest BCUT2D eigenvalue weighted by Gasteiger charge is -2.24. The lowest BCUT2D eigenvalue weighted by molar-refractivity contribution is -0.122. The molecule has 0 radical (unpaired) electrons. The van der Waals surface area contributed by atoms with Gasteiger partial charge < -0.3 is 15.6 Å². The van der Waals surface area contributed by atoms with Gasteiger partial charge >= 0.3 is 0 Å². The highest BCUT2D eigenvalue weighted by molar-refractivity contribution is 14.1. The summed E-state index contributed by atoms with van der Waals surface area (Å²) in [4.78, 5) is 28.9. The monoisotopic (exact) mass is 334 g/mol. The van der Waals surface area contributed by atoms with Gasteiger partial charge in [0.2, 0.25) is 5.91 Å². The number of rotatable bonds is 2. The minimum atomic E-state index is -0.155. The normalized spacial score (nSPS) is 20.3. The molecule has 1 aliphatic heterocycles. The molecule has 1 fully saturated rings. The maximum atomic E-state index is 11.3. The summed E-state index contributed by atoms with van der Waals surface area (Å²) in [6, 6.07) is 0.139. The third kappa shape index (κ3) is 2.52. The second-order valence-corrected chi connectivity index (χ2v) is 4.66. The van der Waals surface area contributed by atoms with E-state index in [-0.39, 0.29) is 17.5 Å².